The highest BCUT2D eigenvalue weighted by molar-refractivity contribution is 7.89. The number of hydrogen-bond donors (Lipinski definition) is 2. The van der Waals surface area contributed by atoms with Gasteiger partial charge in [0.15, 0.2) is 5.82 Å². The normalized spacial score (nSPS) is 13.0. The molecule has 0 aliphatic rings. The van der Waals surface area contributed by atoms with Gasteiger partial charge in [-0.3, -0.25) is 0 Å². The van der Waals surface area contributed by atoms with Crippen molar-refractivity contribution in [3.8, 4) is 0 Å². The van der Waals surface area contributed by atoms with Gasteiger partial charge < -0.3 is 5.11 Å². The molecule has 2 N–H and O–H groups in total. The molecule has 1 aromatic heterocycles. The molecule has 1 aromatic carbocycles. The number of sulfonamides is 1. The lowest BCUT2D eigenvalue weighted by Crippen LogP contribution is -2.29. The van der Waals surface area contributed by atoms with E-state index in [1.807, 2.05) is 0 Å². The Balaban J connectivity index is 2.31. The molecule has 11 heteroatoms. The fourth-order valence-electron chi connectivity index (χ4n) is 1.80. The standard InChI is InChI=1S/C11H12FN5O4S/c1-6(10-13-15-16-17(10)2)14-22(20,21)9-4-3-7(11(18)19)5-8(9)12/h3-6,14H,1-2H3,(H,18,19). The van der Waals surface area contributed by atoms with Crippen LogP contribution in [0.5, 0.6) is 0 Å². The van der Waals surface area contributed by atoms with E-state index in [9.17, 15) is 17.6 Å². The van der Waals surface area contributed by atoms with Crippen molar-refractivity contribution in [2.45, 2.75) is 17.9 Å². The second kappa shape index (κ2) is 5.77. The number of benzene rings is 1. The monoisotopic (exact) mass is 329 g/mol. The molecule has 2 aromatic rings. The predicted octanol–water partition coefficient (Wildman–Crippen LogP) is 0.0869. The number of halogens is 1. The van der Waals surface area contributed by atoms with Crippen LogP contribution in [0.2, 0.25) is 0 Å². The molecular formula is C11H12FN5O4S. The molecule has 1 atom stereocenters. The van der Waals surface area contributed by atoms with Crippen LogP contribution < -0.4 is 4.72 Å². The zero-order valence-corrected chi connectivity index (χ0v) is 12.4. The van der Waals surface area contributed by atoms with Gasteiger partial charge >= 0.3 is 5.97 Å². The summed E-state index contributed by atoms with van der Waals surface area (Å²) in [6.07, 6.45) is 0. The fourth-order valence-corrected chi connectivity index (χ4v) is 3.06. The summed E-state index contributed by atoms with van der Waals surface area (Å²) in [4.78, 5) is 10.1. The number of aryl methyl sites for hydroxylation is 1. The van der Waals surface area contributed by atoms with E-state index >= 15 is 0 Å². The number of hydrogen-bond acceptors (Lipinski definition) is 6. The van der Waals surface area contributed by atoms with E-state index in [1.54, 1.807) is 0 Å². The van der Waals surface area contributed by atoms with Crippen molar-refractivity contribution in [2.75, 3.05) is 0 Å². The highest BCUT2D eigenvalue weighted by Crippen LogP contribution is 2.19. The molecule has 0 aliphatic heterocycles. The Morgan fingerprint density at radius 1 is 1.45 bits per heavy atom. The molecule has 1 heterocycles. The van der Waals surface area contributed by atoms with E-state index in [-0.39, 0.29) is 11.4 Å². The highest BCUT2D eigenvalue weighted by atomic mass is 32.2. The van der Waals surface area contributed by atoms with Crippen LogP contribution in [-0.2, 0) is 17.1 Å². The van der Waals surface area contributed by atoms with Gasteiger partial charge in [-0.1, -0.05) is 0 Å². The maximum absolute atomic E-state index is 13.9. The van der Waals surface area contributed by atoms with Crippen LogP contribution in [-0.4, -0.2) is 39.7 Å². The van der Waals surface area contributed by atoms with E-state index in [4.69, 9.17) is 5.11 Å². The summed E-state index contributed by atoms with van der Waals surface area (Å²) in [5.74, 6) is -2.27. The third-order valence-corrected chi connectivity index (χ3v) is 4.41. The molecule has 0 amide bonds. The lowest BCUT2D eigenvalue weighted by atomic mass is 10.2. The Morgan fingerprint density at radius 3 is 2.64 bits per heavy atom. The fraction of sp³-hybridized carbons (Fsp3) is 0.273. The Hall–Kier alpha value is -2.40. The minimum absolute atomic E-state index is 0.242. The summed E-state index contributed by atoms with van der Waals surface area (Å²) < 4.78 is 41.7. The number of nitrogens with zero attached hydrogens (tertiary/aromatic N) is 4. The SMILES string of the molecule is CC(NS(=O)(=O)c1ccc(C(=O)O)cc1F)c1nnnn1C. The van der Waals surface area contributed by atoms with Gasteiger partial charge in [0, 0.05) is 7.05 Å². The van der Waals surface area contributed by atoms with Gasteiger partial charge in [-0.05, 0) is 35.5 Å². The van der Waals surface area contributed by atoms with E-state index in [2.05, 4.69) is 20.2 Å². The Labute approximate surface area is 124 Å². The topological polar surface area (TPSA) is 127 Å². The minimum atomic E-state index is -4.20. The molecule has 0 spiro atoms. The maximum atomic E-state index is 13.9. The third-order valence-electron chi connectivity index (χ3n) is 2.84. The molecule has 0 radical (unpaired) electrons. The first-order valence-corrected chi connectivity index (χ1v) is 7.48. The molecule has 118 valence electrons. The number of aromatic nitrogens is 4. The number of carboxylic acids is 1. The molecule has 0 bridgehead atoms. The van der Waals surface area contributed by atoms with Crippen molar-refractivity contribution in [1.82, 2.24) is 24.9 Å². The zero-order chi connectivity index (χ0) is 16.5. The lowest BCUT2D eigenvalue weighted by Gasteiger charge is -2.13. The van der Waals surface area contributed by atoms with Crippen molar-refractivity contribution in [1.29, 1.82) is 0 Å². The minimum Gasteiger partial charge on any atom is -0.478 e. The van der Waals surface area contributed by atoms with Crippen LogP contribution in [0.25, 0.3) is 0 Å². The largest absolute Gasteiger partial charge is 0.478 e. The van der Waals surface area contributed by atoms with Gasteiger partial charge in [0.25, 0.3) is 0 Å². The van der Waals surface area contributed by atoms with Crippen molar-refractivity contribution >= 4 is 16.0 Å². The lowest BCUT2D eigenvalue weighted by molar-refractivity contribution is 0.0696. The number of carboxylic acid groups (broad SMARTS) is 1. The van der Waals surface area contributed by atoms with Gasteiger partial charge in [0.05, 0.1) is 11.6 Å². The van der Waals surface area contributed by atoms with E-state index in [1.165, 1.54) is 18.7 Å². The molecule has 2 rings (SSSR count). The first-order chi connectivity index (χ1) is 10.2. The average molecular weight is 329 g/mol. The number of rotatable bonds is 5. The summed E-state index contributed by atoms with van der Waals surface area (Å²) in [7, 11) is -2.67. The number of nitrogens with one attached hydrogen (secondary N) is 1. The van der Waals surface area contributed by atoms with Crippen molar-refractivity contribution in [3.63, 3.8) is 0 Å². The molecule has 9 nitrogen and oxygen atoms in total. The Kier molecular flexibility index (Phi) is 4.19. The van der Waals surface area contributed by atoms with Crippen LogP contribution in [0, 0.1) is 5.82 Å². The van der Waals surface area contributed by atoms with Crippen LogP contribution >= 0.6 is 0 Å². The number of carbonyl (C=O) groups is 1. The van der Waals surface area contributed by atoms with Gasteiger partial charge in [-0.2, -0.15) is 0 Å². The van der Waals surface area contributed by atoms with Gasteiger partial charge in [-0.15, -0.1) is 5.10 Å². The molecule has 0 saturated carbocycles. The van der Waals surface area contributed by atoms with Gasteiger partial charge in [0.1, 0.15) is 10.7 Å². The molecule has 0 saturated heterocycles. The Morgan fingerprint density at radius 2 is 2.14 bits per heavy atom. The average Bonchev–Trinajstić information content (AvgIpc) is 2.84. The Bertz CT molecular complexity index is 820. The van der Waals surface area contributed by atoms with E-state index in [0.717, 1.165) is 12.1 Å². The first-order valence-electron chi connectivity index (χ1n) is 6.00. The maximum Gasteiger partial charge on any atom is 0.335 e. The van der Waals surface area contributed by atoms with Crippen LogP contribution in [0.4, 0.5) is 4.39 Å². The first kappa shape index (κ1) is 16.0. The van der Waals surface area contributed by atoms with E-state index in [0.29, 0.717) is 6.07 Å². The molecule has 0 fully saturated rings. The zero-order valence-electron chi connectivity index (χ0n) is 11.6. The van der Waals surface area contributed by atoms with Crippen LogP contribution in [0.1, 0.15) is 29.1 Å². The predicted molar refractivity (Wildman–Crippen MR) is 70.9 cm³/mol. The molecule has 22 heavy (non-hydrogen) atoms. The highest BCUT2D eigenvalue weighted by Gasteiger charge is 2.25. The second-order valence-electron chi connectivity index (χ2n) is 4.45. The smallest absolute Gasteiger partial charge is 0.335 e. The summed E-state index contributed by atoms with van der Waals surface area (Å²) in [5.41, 5.74) is -0.345. The van der Waals surface area contributed by atoms with Gasteiger partial charge in [-0.25, -0.2) is 27.0 Å². The van der Waals surface area contributed by atoms with E-state index < -0.39 is 32.7 Å². The summed E-state index contributed by atoms with van der Waals surface area (Å²) in [5, 5.41) is 19.4. The molecule has 1 unspecified atom stereocenters. The quantitative estimate of drug-likeness (QED) is 0.795. The summed E-state index contributed by atoms with van der Waals surface area (Å²) in [6, 6.07) is 1.74. The summed E-state index contributed by atoms with van der Waals surface area (Å²) in [6.45, 7) is 1.49. The second-order valence-corrected chi connectivity index (χ2v) is 6.14. The summed E-state index contributed by atoms with van der Waals surface area (Å²) >= 11 is 0. The molecular weight excluding hydrogens is 317 g/mol. The van der Waals surface area contributed by atoms with Crippen LogP contribution in [0.3, 0.4) is 0 Å². The van der Waals surface area contributed by atoms with Gasteiger partial charge in [0.2, 0.25) is 10.0 Å². The third kappa shape index (κ3) is 3.09. The van der Waals surface area contributed by atoms with Crippen molar-refractivity contribution in [2.24, 2.45) is 7.05 Å². The number of tetrazole rings is 1. The van der Waals surface area contributed by atoms with Crippen molar-refractivity contribution in [3.05, 3.63) is 35.4 Å². The number of aromatic carboxylic acids is 1. The molecule has 0 aliphatic carbocycles. The van der Waals surface area contributed by atoms with Crippen molar-refractivity contribution < 1.29 is 22.7 Å². The van der Waals surface area contributed by atoms with Crippen LogP contribution in [0.15, 0.2) is 23.1 Å².